The van der Waals surface area contributed by atoms with Crippen LogP contribution in [0.3, 0.4) is 0 Å². The molecule has 0 unspecified atom stereocenters. The molecule has 0 saturated heterocycles. The quantitative estimate of drug-likeness (QED) is 0.746. The molecular formula is C11H15N3. The van der Waals surface area contributed by atoms with Crippen molar-refractivity contribution in [2.24, 2.45) is 0 Å². The van der Waals surface area contributed by atoms with Crippen molar-refractivity contribution in [2.75, 3.05) is 5.73 Å². The van der Waals surface area contributed by atoms with Gasteiger partial charge in [0.15, 0.2) is 5.65 Å². The van der Waals surface area contributed by atoms with Crippen LogP contribution in [0.5, 0.6) is 0 Å². The summed E-state index contributed by atoms with van der Waals surface area (Å²) in [5.41, 5.74) is 11.1. The fraction of sp³-hybridized carbons (Fsp3) is 0.364. The van der Waals surface area contributed by atoms with Gasteiger partial charge >= 0.3 is 0 Å². The fourth-order valence-electron chi connectivity index (χ4n) is 1.72. The zero-order valence-electron chi connectivity index (χ0n) is 8.83. The first-order chi connectivity index (χ1) is 6.65. The van der Waals surface area contributed by atoms with E-state index in [4.69, 9.17) is 5.73 Å². The second-order valence-corrected chi connectivity index (χ2v) is 3.60. The Labute approximate surface area is 83.6 Å². The first-order valence-corrected chi connectivity index (χ1v) is 4.87. The number of rotatable bonds is 1. The van der Waals surface area contributed by atoms with E-state index in [2.05, 4.69) is 23.2 Å². The molecule has 0 spiro atoms. The lowest BCUT2D eigenvalue weighted by molar-refractivity contribution is 1.02. The maximum atomic E-state index is 5.97. The van der Waals surface area contributed by atoms with Gasteiger partial charge in [0.2, 0.25) is 0 Å². The first-order valence-electron chi connectivity index (χ1n) is 4.87. The van der Waals surface area contributed by atoms with Gasteiger partial charge in [-0.3, -0.25) is 0 Å². The average molecular weight is 189 g/mol. The second-order valence-electron chi connectivity index (χ2n) is 3.60. The molecule has 3 nitrogen and oxygen atoms in total. The van der Waals surface area contributed by atoms with Crippen molar-refractivity contribution in [2.45, 2.75) is 27.2 Å². The summed E-state index contributed by atoms with van der Waals surface area (Å²) in [4.78, 5) is 4.53. The zero-order chi connectivity index (χ0) is 10.3. The Kier molecular flexibility index (Phi) is 1.95. The van der Waals surface area contributed by atoms with Crippen molar-refractivity contribution in [3.8, 4) is 0 Å². The summed E-state index contributed by atoms with van der Waals surface area (Å²) in [6.07, 6.45) is 2.98. The van der Waals surface area contributed by atoms with Crippen LogP contribution in [0.2, 0.25) is 0 Å². The molecule has 0 bridgehead atoms. The monoisotopic (exact) mass is 189 g/mol. The van der Waals surface area contributed by atoms with Crippen LogP contribution in [0, 0.1) is 13.8 Å². The van der Waals surface area contributed by atoms with E-state index in [-0.39, 0.29) is 0 Å². The Bertz CT molecular complexity index is 483. The van der Waals surface area contributed by atoms with Crippen molar-refractivity contribution in [3.05, 3.63) is 29.2 Å². The van der Waals surface area contributed by atoms with Crippen LogP contribution in [0.1, 0.15) is 23.9 Å². The first kappa shape index (κ1) is 9.06. The molecule has 0 amide bonds. The van der Waals surface area contributed by atoms with E-state index in [0.29, 0.717) is 0 Å². The molecule has 0 saturated carbocycles. The summed E-state index contributed by atoms with van der Waals surface area (Å²) in [5, 5.41) is 0. The van der Waals surface area contributed by atoms with Gasteiger partial charge in [-0.05, 0) is 31.9 Å². The van der Waals surface area contributed by atoms with Crippen LogP contribution in [-0.2, 0) is 6.42 Å². The SMILES string of the molecule is CCc1nc2c(N)c(C)ccn2c1C. The Morgan fingerprint density at radius 1 is 1.43 bits per heavy atom. The minimum atomic E-state index is 0.787. The van der Waals surface area contributed by atoms with E-state index in [1.807, 2.05) is 19.2 Å². The van der Waals surface area contributed by atoms with Gasteiger partial charge in [0, 0.05) is 11.9 Å². The van der Waals surface area contributed by atoms with Gasteiger partial charge in [0.05, 0.1) is 11.4 Å². The molecule has 2 heterocycles. The third-order valence-corrected chi connectivity index (χ3v) is 2.72. The second kappa shape index (κ2) is 3.01. The fourth-order valence-corrected chi connectivity index (χ4v) is 1.72. The number of pyridine rings is 1. The van der Waals surface area contributed by atoms with E-state index in [1.165, 1.54) is 5.69 Å². The van der Waals surface area contributed by atoms with E-state index in [1.54, 1.807) is 0 Å². The van der Waals surface area contributed by atoms with Crippen molar-refractivity contribution in [1.82, 2.24) is 9.38 Å². The number of hydrogen-bond acceptors (Lipinski definition) is 2. The molecule has 0 aliphatic carbocycles. The van der Waals surface area contributed by atoms with Crippen LogP contribution in [0.25, 0.3) is 5.65 Å². The number of aryl methyl sites for hydroxylation is 3. The number of nitrogens with zero attached hydrogens (tertiary/aromatic N) is 2. The van der Waals surface area contributed by atoms with Gasteiger partial charge in [-0.25, -0.2) is 4.98 Å². The molecule has 0 radical (unpaired) electrons. The number of fused-ring (bicyclic) bond motifs is 1. The van der Waals surface area contributed by atoms with Crippen molar-refractivity contribution in [1.29, 1.82) is 0 Å². The molecule has 74 valence electrons. The maximum Gasteiger partial charge on any atom is 0.160 e. The highest BCUT2D eigenvalue weighted by Gasteiger charge is 2.09. The van der Waals surface area contributed by atoms with Crippen molar-refractivity contribution < 1.29 is 0 Å². The number of imidazole rings is 1. The lowest BCUT2D eigenvalue weighted by atomic mass is 10.2. The number of nitrogen functional groups attached to an aromatic ring is 1. The standard InChI is InChI=1S/C11H15N3/c1-4-9-8(3)14-6-5-7(2)10(12)11(14)13-9/h5-6H,4,12H2,1-3H3. The number of hydrogen-bond donors (Lipinski definition) is 1. The third kappa shape index (κ3) is 1.09. The highest BCUT2D eigenvalue weighted by atomic mass is 15.0. The Hall–Kier alpha value is -1.51. The number of anilines is 1. The van der Waals surface area contributed by atoms with Crippen LogP contribution >= 0.6 is 0 Å². The van der Waals surface area contributed by atoms with E-state index in [9.17, 15) is 0 Å². The smallest absolute Gasteiger partial charge is 0.160 e. The third-order valence-electron chi connectivity index (χ3n) is 2.72. The molecule has 2 aromatic rings. The largest absolute Gasteiger partial charge is 0.395 e. The average Bonchev–Trinajstić information content (AvgIpc) is 2.50. The van der Waals surface area contributed by atoms with Gasteiger partial charge in [-0.2, -0.15) is 0 Å². The summed E-state index contributed by atoms with van der Waals surface area (Å²) in [7, 11) is 0. The molecule has 2 rings (SSSR count). The number of nitrogens with two attached hydrogens (primary N) is 1. The van der Waals surface area contributed by atoms with Crippen LogP contribution in [0.15, 0.2) is 12.3 Å². The molecule has 0 aliphatic heterocycles. The summed E-state index contributed by atoms with van der Waals surface area (Å²) >= 11 is 0. The Morgan fingerprint density at radius 2 is 2.14 bits per heavy atom. The van der Waals surface area contributed by atoms with Crippen LogP contribution in [-0.4, -0.2) is 9.38 Å². The predicted octanol–water partition coefficient (Wildman–Crippen LogP) is 2.10. The molecular weight excluding hydrogens is 174 g/mol. The molecule has 0 fully saturated rings. The topological polar surface area (TPSA) is 43.3 Å². The highest BCUT2D eigenvalue weighted by Crippen LogP contribution is 2.20. The molecule has 0 aliphatic rings. The summed E-state index contributed by atoms with van der Waals surface area (Å²) in [6, 6.07) is 2.02. The van der Waals surface area contributed by atoms with Crippen LogP contribution in [0.4, 0.5) is 5.69 Å². The van der Waals surface area contributed by atoms with Gasteiger partial charge in [-0.1, -0.05) is 6.92 Å². The van der Waals surface area contributed by atoms with Gasteiger partial charge in [-0.15, -0.1) is 0 Å². The minimum Gasteiger partial charge on any atom is -0.395 e. The van der Waals surface area contributed by atoms with Gasteiger partial charge < -0.3 is 10.1 Å². The van der Waals surface area contributed by atoms with Gasteiger partial charge in [0.1, 0.15) is 0 Å². The molecule has 3 heteroatoms. The van der Waals surface area contributed by atoms with Gasteiger partial charge in [0.25, 0.3) is 0 Å². The van der Waals surface area contributed by atoms with E-state index >= 15 is 0 Å². The molecule has 2 aromatic heterocycles. The normalized spacial score (nSPS) is 11.1. The van der Waals surface area contributed by atoms with E-state index in [0.717, 1.165) is 29.0 Å². The zero-order valence-corrected chi connectivity index (χ0v) is 8.83. The Balaban J connectivity index is 2.85. The van der Waals surface area contributed by atoms with Crippen molar-refractivity contribution in [3.63, 3.8) is 0 Å². The summed E-state index contributed by atoms with van der Waals surface area (Å²) in [6.45, 7) is 6.19. The van der Waals surface area contributed by atoms with E-state index < -0.39 is 0 Å². The minimum absolute atomic E-state index is 0.787. The molecule has 2 N–H and O–H groups in total. The molecule has 0 atom stereocenters. The summed E-state index contributed by atoms with van der Waals surface area (Å²) in [5.74, 6) is 0. The number of aromatic nitrogens is 2. The molecule has 0 aromatic carbocycles. The molecule has 14 heavy (non-hydrogen) atoms. The summed E-state index contributed by atoms with van der Waals surface area (Å²) < 4.78 is 2.06. The highest BCUT2D eigenvalue weighted by molar-refractivity contribution is 5.69. The maximum absolute atomic E-state index is 5.97. The predicted molar refractivity (Wildman–Crippen MR) is 58.5 cm³/mol. The lowest BCUT2D eigenvalue weighted by Crippen LogP contribution is -1.96. The van der Waals surface area contributed by atoms with Crippen molar-refractivity contribution >= 4 is 11.3 Å². The Morgan fingerprint density at radius 3 is 2.79 bits per heavy atom. The van der Waals surface area contributed by atoms with Crippen LogP contribution < -0.4 is 5.73 Å². The lowest BCUT2D eigenvalue weighted by Gasteiger charge is -2.02.